The maximum Gasteiger partial charge on any atom is 0.261 e. The zero-order valence-corrected chi connectivity index (χ0v) is 19.0. The van der Waals surface area contributed by atoms with Crippen molar-refractivity contribution in [3.8, 4) is 10.4 Å². The summed E-state index contributed by atoms with van der Waals surface area (Å²) in [5.74, 6) is -0.104. The van der Waals surface area contributed by atoms with Crippen LogP contribution in [0.2, 0.25) is 0 Å². The minimum absolute atomic E-state index is 0.00496. The van der Waals surface area contributed by atoms with Gasteiger partial charge in [0.25, 0.3) is 11.8 Å². The average Bonchev–Trinajstić information content (AvgIpc) is 3.22. The lowest BCUT2D eigenvalue weighted by atomic mass is 10.1. The Bertz CT molecular complexity index is 994. The van der Waals surface area contributed by atoms with Gasteiger partial charge >= 0.3 is 0 Å². The quantitative estimate of drug-likeness (QED) is 0.510. The summed E-state index contributed by atoms with van der Waals surface area (Å²) in [6, 6.07) is 19.4. The molecule has 0 bridgehead atoms. The molecule has 1 aromatic heterocycles. The fourth-order valence-electron chi connectivity index (χ4n) is 2.70. The Balaban J connectivity index is 1.59. The van der Waals surface area contributed by atoms with E-state index >= 15 is 0 Å². The molecular formula is C23H23BrN2O2S. The standard InChI is InChI=1S/C23H23BrN2O2S/c1-15(2)26(3)23(28)18-6-4-16(5-7-18)14-25-22(27)21-13-12-20(29-21)17-8-10-19(24)11-9-17/h4-13,15H,14H2,1-3H3,(H,25,27). The third-order valence-electron chi connectivity index (χ3n) is 4.71. The van der Waals surface area contributed by atoms with Gasteiger partial charge in [0, 0.05) is 34.5 Å². The normalized spacial score (nSPS) is 10.8. The van der Waals surface area contributed by atoms with E-state index in [0.29, 0.717) is 17.0 Å². The van der Waals surface area contributed by atoms with Gasteiger partial charge in [0.2, 0.25) is 0 Å². The Kier molecular flexibility index (Phi) is 6.87. The number of carbonyl (C=O) groups excluding carboxylic acids is 2. The molecule has 0 radical (unpaired) electrons. The monoisotopic (exact) mass is 470 g/mol. The van der Waals surface area contributed by atoms with Crippen LogP contribution in [-0.4, -0.2) is 29.8 Å². The molecule has 0 saturated carbocycles. The summed E-state index contributed by atoms with van der Waals surface area (Å²) in [5, 5.41) is 2.95. The van der Waals surface area contributed by atoms with Crippen molar-refractivity contribution in [1.29, 1.82) is 0 Å². The predicted molar refractivity (Wildman–Crippen MR) is 122 cm³/mol. The molecule has 3 rings (SSSR count). The van der Waals surface area contributed by atoms with Crippen LogP contribution in [0.15, 0.2) is 65.1 Å². The highest BCUT2D eigenvalue weighted by atomic mass is 79.9. The summed E-state index contributed by atoms with van der Waals surface area (Å²) < 4.78 is 1.03. The lowest BCUT2D eigenvalue weighted by Crippen LogP contribution is -2.32. The molecule has 2 amide bonds. The van der Waals surface area contributed by atoms with E-state index in [-0.39, 0.29) is 17.9 Å². The van der Waals surface area contributed by atoms with Crippen LogP contribution in [-0.2, 0) is 6.54 Å². The molecule has 0 fully saturated rings. The smallest absolute Gasteiger partial charge is 0.261 e. The molecule has 1 N–H and O–H groups in total. The van der Waals surface area contributed by atoms with Crippen molar-refractivity contribution in [2.24, 2.45) is 0 Å². The molecule has 0 spiro atoms. The zero-order chi connectivity index (χ0) is 21.0. The largest absolute Gasteiger partial charge is 0.347 e. The lowest BCUT2D eigenvalue weighted by molar-refractivity contribution is 0.0754. The van der Waals surface area contributed by atoms with Crippen molar-refractivity contribution in [3.05, 3.63) is 81.1 Å². The Morgan fingerprint density at radius 1 is 1.00 bits per heavy atom. The number of benzene rings is 2. The van der Waals surface area contributed by atoms with Crippen molar-refractivity contribution in [1.82, 2.24) is 10.2 Å². The van der Waals surface area contributed by atoms with Crippen molar-refractivity contribution in [2.45, 2.75) is 26.4 Å². The topological polar surface area (TPSA) is 49.4 Å². The van der Waals surface area contributed by atoms with Crippen molar-refractivity contribution in [2.75, 3.05) is 7.05 Å². The molecule has 1 heterocycles. The minimum atomic E-state index is -0.0990. The van der Waals surface area contributed by atoms with Gasteiger partial charge in [-0.3, -0.25) is 9.59 Å². The van der Waals surface area contributed by atoms with Crippen LogP contribution in [0.1, 0.15) is 39.4 Å². The van der Waals surface area contributed by atoms with E-state index in [1.165, 1.54) is 11.3 Å². The van der Waals surface area contributed by atoms with Gasteiger partial charge in [-0.25, -0.2) is 0 Å². The Morgan fingerprint density at radius 2 is 1.66 bits per heavy atom. The van der Waals surface area contributed by atoms with Gasteiger partial charge in [-0.2, -0.15) is 0 Å². The molecule has 29 heavy (non-hydrogen) atoms. The van der Waals surface area contributed by atoms with Gasteiger partial charge in [-0.05, 0) is 61.4 Å². The summed E-state index contributed by atoms with van der Waals surface area (Å²) in [6.07, 6.45) is 0. The van der Waals surface area contributed by atoms with E-state index in [1.807, 2.05) is 62.4 Å². The highest BCUT2D eigenvalue weighted by molar-refractivity contribution is 9.10. The van der Waals surface area contributed by atoms with E-state index in [4.69, 9.17) is 0 Å². The molecule has 0 unspecified atom stereocenters. The van der Waals surface area contributed by atoms with Gasteiger partial charge in [-0.15, -0.1) is 11.3 Å². The van der Waals surface area contributed by atoms with Crippen LogP contribution in [0, 0.1) is 0 Å². The molecule has 0 aliphatic rings. The van der Waals surface area contributed by atoms with E-state index in [0.717, 1.165) is 20.5 Å². The number of hydrogen-bond donors (Lipinski definition) is 1. The number of amides is 2. The Labute approximate surface area is 183 Å². The Morgan fingerprint density at radius 3 is 2.28 bits per heavy atom. The second-order valence-electron chi connectivity index (χ2n) is 7.06. The van der Waals surface area contributed by atoms with Crippen LogP contribution in [0.5, 0.6) is 0 Å². The highest BCUT2D eigenvalue weighted by Gasteiger charge is 2.14. The number of carbonyl (C=O) groups is 2. The van der Waals surface area contributed by atoms with Crippen molar-refractivity contribution >= 4 is 39.1 Å². The van der Waals surface area contributed by atoms with Gasteiger partial charge in [0.15, 0.2) is 0 Å². The molecule has 3 aromatic rings. The van der Waals surface area contributed by atoms with E-state index in [9.17, 15) is 9.59 Å². The summed E-state index contributed by atoms with van der Waals surface area (Å²) in [5.41, 5.74) is 2.68. The lowest BCUT2D eigenvalue weighted by Gasteiger charge is -2.21. The van der Waals surface area contributed by atoms with E-state index in [2.05, 4.69) is 21.2 Å². The number of thiophene rings is 1. The summed E-state index contributed by atoms with van der Waals surface area (Å²) in [4.78, 5) is 28.3. The number of nitrogens with one attached hydrogen (secondary N) is 1. The van der Waals surface area contributed by atoms with Crippen molar-refractivity contribution < 1.29 is 9.59 Å². The highest BCUT2D eigenvalue weighted by Crippen LogP contribution is 2.29. The second-order valence-corrected chi connectivity index (χ2v) is 9.06. The molecule has 0 aliphatic carbocycles. The minimum Gasteiger partial charge on any atom is -0.347 e. The average molecular weight is 471 g/mol. The SMILES string of the molecule is CC(C)N(C)C(=O)c1ccc(CNC(=O)c2ccc(-c3ccc(Br)cc3)s2)cc1. The number of rotatable bonds is 6. The predicted octanol–water partition coefficient (Wildman–Crippen LogP) is 5.59. The molecule has 0 saturated heterocycles. The first kappa shape index (κ1) is 21.3. The summed E-state index contributed by atoms with van der Waals surface area (Å²) >= 11 is 4.90. The Hall–Kier alpha value is -2.44. The van der Waals surface area contributed by atoms with Crippen LogP contribution in [0.3, 0.4) is 0 Å². The molecule has 4 nitrogen and oxygen atoms in total. The molecule has 150 valence electrons. The fraction of sp³-hybridized carbons (Fsp3) is 0.217. The summed E-state index contributed by atoms with van der Waals surface area (Å²) in [7, 11) is 1.80. The third kappa shape index (κ3) is 5.34. The zero-order valence-electron chi connectivity index (χ0n) is 16.6. The van der Waals surface area contributed by atoms with E-state index < -0.39 is 0 Å². The number of nitrogens with zero attached hydrogens (tertiary/aromatic N) is 1. The third-order valence-corrected chi connectivity index (χ3v) is 6.37. The van der Waals surface area contributed by atoms with Gasteiger partial charge < -0.3 is 10.2 Å². The van der Waals surface area contributed by atoms with Crippen LogP contribution < -0.4 is 5.32 Å². The first-order chi connectivity index (χ1) is 13.8. The second kappa shape index (κ2) is 9.37. The molecule has 0 aliphatic heterocycles. The molecule has 2 aromatic carbocycles. The van der Waals surface area contributed by atoms with Gasteiger partial charge in [0.05, 0.1) is 4.88 Å². The number of halogens is 1. The van der Waals surface area contributed by atoms with E-state index in [1.54, 1.807) is 24.1 Å². The number of hydrogen-bond acceptors (Lipinski definition) is 3. The van der Waals surface area contributed by atoms with Gasteiger partial charge in [-0.1, -0.05) is 40.2 Å². The van der Waals surface area contributed by atoms with Crippen LogP contribution in [0.25, 0.3) is 10.4 Å². The fourth-order valence-corrected chi connectivity index (χ4v) is 3.89. The summed E-state index contributed by atoms with van der Waals surface area (Å²) in [6.45, 7) is 4.38. The first-order valence-corrected chi connectivity index (χ1v) is 11.0. The van der Waals surface area contributed by atoms with Gasteiger partial charge in [0.1, 0.15) is 0 Å². The first-order valence-electron chi connectivity index (χ1n) is 9.35. The maximum atomic E-state index is 12.5. The molecule has 6 heteroatoms. The van der Waals surface area contributed by atoms with Crippen LogP contribution >= 0.6 is 27.3 Å². The van der Waals surface area contributed by atoms with Crippen LogP contribution in [0.4, 0.5) is 0 Å². The van der Waals surface area contributed by atoms with Crippen molar-refractivity contribution in [3.63, 3.8) is 0 Å². The molecule has 0 atom stereocenters. The molecular weight excluding hydrogens is 448 g/mol. The maximum absolute atomic E-state index is 12.5.